The Labute approximate surface area is 106 Å². The Kier molecular flexibility index (Phi) is 3.75. The average Bonchev–Trinajstić information content (AvgIpc) is 2.87. The molecule has 6 heteroatoms. The number of rotatable bonds is 5. The summed E-state index contributed by atoms with van der Waals surface area (Å²) in [6, 6.07) is 2.69. The fraction of sp³-hybridized carbons (Fsp3) is 0.583. The van der Waals surface area contributed by atoms with Crippen LogP contribution in [-0.4, -0.2) is 25.2 Å². The van der Waals surface area contributed by atoms with Crippen molar-refractivity contribution >= 4 is 15.8 Å². The van der Waals surface area contributed by atoms with E-state index in [1.165, 1.54) is 12.1 Å². The first kappa shape index (κ1) is 13.1. The third-order valence-electron chi connectivity index (χ3n) is 3.20. The van der Waals surface area contributed by atoms with Gasteiger partial charge in [-0.2, -0.15) is 0 Å². The molecule has 5 nitrogen and oxygen atoms in total. The van der Waals surface area contributed by atoms with Gasteiger partial charge >= 0.3 is 5.97 Å². The molecule has 0 atom stereocenters. The molecule has 0 aliphatic heterocycles. The fourth-order valence-corrected chi connectivity index (χ4v) is 4.14. The second kappa shape index (κ2) is 5.14. The maximum atomic E-state index is 11.9. The Hall–Kier alpha value is -1.30. The van der Waals surface area contributed by atoms with Crippen LogP contribution in [0.4, 0.5) is 0 Å². The first-order chi connectivity index (χ1) is 8.46. The summed E-state index contributed by atoms with van der Waals surface area (Å²) in [4.78, 5) is 10.6. The Balaban J connectivity index is 2.00. The van der Waals surface area contributed by atoms with E-state index in [1.54, 1.807) is 0 Å². The van der Waals surface area contributed by atoms with Crippen molar-refractivity contribution in [2.45, 2.75) is 31.4 Å². The van der Waals surface area contributed by atoms with Crippen LogP contribution in [-0.2, 0) is 15.6 Å². The first-order valence-electron chi connectivity index (χ1n) is 5.99. The average molecular weight is 272 g/mol. The molecule has 2 rings (SSSR count). The zero-order chi connectivity index (χ0) is 13.2. The van der Waals surface area contributed by atoms with E-state index in [2.05, 4.69) is 0 Å². The fourth-order valence-electron chi connectivity index (χ4n) is 2.38. The number of sulfone groups is 1. The van der Waals surface area contributed by atoms with Gasteiger partial charge in [0.1, 0.15) is 11.5 Å². The minimum Gasteiger partial charge on any atom is -0.475 e. The highest BCUT2D eigenvalue weighted by Gasteiger charge is 2.24. The van der Waals surface area contributed by atoms with Crippen molar-refractivity contribution in [2.24, 2.45) is 5.92 Å². The molecule has 1 aliphatic rings. The highest BCUT2D eigenvalue weighted by molar-refractivity contribution is 7.90. The van der Waals surface area contributed by atoms with Crippen molar-refractivity contribution in [3.8, 4) is 0 Å². The number of furan rings is 1. The van der Waals surface area contributed by atoms with Gasteiger partial charge in [0, 0.05) is 0 Å². The van der Waals surface area contributed by atoms with Gasteiger partial charge in [-0.05, 0) is 30.9 Å². The lowest BCUT2D eigenvalue weighted by Crippen LogP contribution is -2.15. The SMILES string of the molecule is O=C(O)c1ccc(CS(=O)(=O)CC2CCCC2)o1. The van der Waals surface area contributed by atoms with E-state index in [-0.39, 0.29) is 28.9 Å². The molecule has 0 spiro atoms. The summed E-state index contributed by atoms with van der Waals surface area (Å²) < 4.78 is 28.8. The quantitative estimate of drug-likeness (QED) is 0.887. The molecule has 1 aromatic rings. The number of hydrogen-bond donors (Lipinski definition) is 1. The van der Waals surface area contributed by atoms with E-state index in [4.69, 9.17) is 9.52 Å². The summed E-state index contributed by atoms with van der Waals surface area (Å²) in [6.07, 6.45) is 4.14. The standard InChI is InChI=1S/C12H16O5S/c13-12(14)11-6-5-10(17-11)8-18(15,16)7-9-3-1-2-4-9/h5-6,9H,1-4,7-8H2,(H,13,14). The Bertz CT molecular complexity index is 522. The van der Waals surface area contributed by atoms with Crippen LogP contribution in [0.1, 0.15) is 42.0 Å². The highest BCUT2D eigenvalue weighted by Crippen LogP contribution is 2.27. The van der Waals surface area contributed by atoms with Gasteiger partial charge in [0.25, 0.3) is 0 Å². The van der Waals surface area contributed by atoms with Crippen LogP contribution in [0.25, 0.3) is 0 Å². The minimum absolute atomic E-state index is 0.177. The van der Waals surface area contributed by atoms with E-state index in [9.17, 15) is 13.2 Å². The Morgan fingerprint density at radius 2 is 2.00 bits per heavy atom. The third-order valence-corrected chi connectivity index (χ3v) is 4.90. The summed E-state index contributed by atoms with van der Waals surface area (Å²) >= 11 is 0. The van der Waals surface area contributed by atoms with Gasteiger partial charge in [0.2, 0.25) is 5.76 Å². The number of carboxylic acids is 1. The lowest BCUT2D eigenvalue weighted by molar-refractivity contribution is 0.0660. The molecule has 0 amide bonds. The van der Waals surface area contributed by atoms with Crippen LogP contribution < -0.4 is 0 Å². The molecule has 1 N–H and O–H groups in total. The van der Waals surface area contributed by atoms with Gasteiger partial charge in [-0.25, -0.2) is 13.2 Å². The molecule has 0 unspecified atom stereocenters. The van der Waals surface area contributed by atoms with Gasteiger partial charge in [0.15, 0.2) is 9.84 Å². The smallest absolute Gasteiger partial charge is 0.371 e. The largest absolute Gasteiger partial charge is 0.475 e. The van der Waals surface area contributed by atoms with E-state index in [0.29, 0.717) is 0 Å². The zero-order valence-electron chi connectivity index (χ0n) is 9.96. The molecule has 0 radical (unpaired) electrons. The Morgan fingerprint density at radius 3 is 2.56 bits per heavy atom. The number of carbonyl (C=O) groups is 1. The highest BCUT2D eigenvalue weighted by atomic mass is 32.2. The minimum atomic E-state index is -3.22. The molecule has 1 fully saturated rings. The summed E-state index contributed by atoms with van der Waals surface area (Å²) in [6.45, 7) is 0. The van der Waals surface area contributed by atoms with E-state index in [0.717, 1.165) is 25.7 Å². The maximum absolute atomic E-state index is 11.9. The van der Waals surface area contributed by atoms with Crippen LogP contribution in [0, 0.1) is 5.92 Å². The monoisotopic (exact) mass is 272 g/mol. The van der Waals surface area contributed by atoms with Crippen LogP contribution in [0.3, 0.4) is 0 Å². The second-order valence-electron chi connectivity index (χ2n) is 4.78. The molecule has 0 saturated heterocycles. The van der Waals surface area contributed by atoms with Crippen LogP contribution >= 0.6 is 0 Å². The summed E-state index contributed by atoms with van der Waals surface area (Å²) in [5.41, 5.74) is 0. The normalized spacial score (nSPS) is 17.1. The van der Waals surface area contributed by atoms with Gasteiger partial charge in [-0.1, -0.05) is 12.8 Å². The number of hydrogen-bond acceptors (Lipinski definition) is 4. The first-order valence-corrected chi connectivity index (χ1v) is 7.81. The predicted octanol–water partition coefficient (Wildman–Crippen LogP) is 2.08. The third kappa shape index (κ3) is 3.35. The van der Waals surface area contributed by atoms with Crippen molar-refractivity contribution in [1.29, 1.82) is 0 Å². The van der Waals surface area contributed by atoms with E-state index >= 15 is 0 Å². The molecule has 0 aromatic carbocycles. The van der Waals surface area contributed by atoms with Crippen molar-refractivity contribution < 1.29 is 22.7 Å². The van der Waals surface area contributed by atoms with Gasteiger partial charge in [-0.3, -0.25) is 0 Å². The van der Waals surface area contributed by atoms with Crippen LogP contribution in [0.5, 0.6) is 0 Å². The molecule has 1 saturated carbocycles. The molecule has 18 heavy (non-hydrogen) atoms. The zero-order valence-corrected chi connectivity index (χ0v) is 10.8. The molecule has 100 valence electrons. The summed E-state index contributed by atoms with van der Waals surface area (Å²) in [5, 5.41) is 8.68. The lowest BCUT2D eigenvalue weighted by atomic mass is 10.1. The number of aromatic carboxylic acids is 1. The lowest BCUT2D eigenvalue weighted by Gasteiger charge is -2.08. The molecule has 1 heterocycles. The molecular formula is C12H16O5S. The van der Waals surface area contributed by atoms with E-state index < -0.39 is 15.8 Å². The predicted molar refractivity (Wildman–Crippen MR) is 65.1 cm³/mol. The summed E-state index contributed by atoms with van der Waals surface area (Å²) in [7, 11) is -3.22. The second-order valence-corrected chi connectivity index (χ2v) is 6.89. The maximum Gasteiger partial charge on any atom is 0.371 e. The van der Waals surface area contributed by atoms with Crippen molar-refractivity contribution in [3.05, 3.63) is 23.7 Å². The van der Waals surface area contributed by atoms with Gasteiger partial charge < -0.3 is 9.52 Å². The van der Waals surface area contributed by atoms with E-state index in [1.807, 2.05) is 0 Å². The number of carboxylic acid groups (broad SMARTS) is 1. The molecule has 0 bridgehead atoms. The summed E-state index contributed by atoms with van der Waals surface area (Å²) in [5.74, 6) is -0.989. The molecular weight excluding hydrogens is 256 g/mol. The van der Waals surface area contributed by atoms with Crippen molar-refractivity contribution in [3.63, 3.8) is 0 Å². The van der Waals surface area contributed by atoms with Crippen molar-refractivity contribution in [1.82, 2.24) is 0 Å². The van der Waals surface area contributed by atoms with Gasteiger partial charge in [-0.15, -0.1) is 0 Å². The van der Waals surface area contributed by atoms with Crippen molar-refractivity contribution in [2.75, 3.05) is 5.75 Å². The molecule has 1 aliphatic carbocycles. The van der Waals surface area contributed by atoms with Crippen LogP contribution in [0.15, 0.2) is 16.5 Å². The Morgan fingerprint density at radius 1 is 1.33 bits per heavy atom. The topological polar surface area (TPSA) is 84.6 Å². The molecule has 1 aromatic heterocycles. The van der Waals surface area contributed by atoms with Gasteiger partial charge in [0.05, 0.1) is 5.75 Å². The van der Waals surface area contributed by atoms with Crippen LogP contribution in [0.2, 0.25) is 0 Å².